The molecule has 0 aliphatic carbocycles. The zero-order valence-corrected chi connectivity index (χ0v) is 13.9. The number of hydrogen-bond donors (Lipinski definition) is 1. The molecular formula is C17H22N2O4. The van der Waals surface area contributed by atoms with Gasteiger partial charge in [-0.05, 0) is 24.1 Å². The lowest BCUT2D eigenvalue weighted by atomic mass is 10.2. The summed E-state index contributed by atoms with van der Waals surface area (Å²) in [6.07, 6.45) is 1.53. The van der Waals surface area contributed by atoms with Gasteiger partial charge in [-0.15, -0.1) is 0 Å². The summed E-state index contributed by atoms with van der Waals surface area (Å²) in [5.41, 5.74) is 1.45. The van der Waals surface area contributed by atoms with E-state index in [0.717, 1.165) is 5.56 Å². The van der Waals surface area contributed by atoms with E-state index in [2.05, 4.69) is 24.1 Å². The third kappa shape index (κ3) is 4.74. The monoisotopic (exact) mass is 318 g/mol. The second kappa shape index (κ2) is 7.67. The summed E-state index contributed by atoms with van der Waals surface area (Å²) in [6.45, 7) is 6.56. The highest BCUT2D eigenvalue weighted by atomic mass is 16.5. The molecule has 0 unspecified atom stereocenters. The van der Waals surface area contributed by atoms with Crippen LogP contribution in [0.5, 0.6) is 11.5 Å². The van der Waals surface area contributed by atoms with Crippen molar-refractivity contribution in [3.05, 3.63) is 30.2 Å². The van der Waals surface area contributed by atoms with Gasteiger partial charge in [0, 0.05) is 12.5 Å². The van der Waals surface area contributed by atoms with Crippen LogP contribution in [0.3, 0.4) is 0 Å². The van der Waals surface area contributed by atoms with Gasteiger partial charge in [0.2, 0.25) is 11.8 Å². The van der Waals surface area contributed by atoms with Crippen LogP contribution in [0.25, 0.3) is 11.5 Å². The molecule has 6 nitrogen and oxygen atoms in total. The lowest BCUT2D eigenvalue weighted by Gasteiger charge is -2.13. The average Bonchev–Trinajstić information content (AvgIpc) is 2.99. The van der Waals surface area contributed by atoms with E-state index >= 15 is 0 Å². The number of carbonyl (C=O) groups excluding carboxylic acids is 1. The molecule has 1 aromatic carbocycles. The first kappa shape index (κ1) is 16.9. The van der Waals surface area contributed by atoms with Gasteiger partial charge in [-0.3, -0.25) is 4.79 Å². The molecule has 124 valence electrons. The number of rotatable bonds is 7. The van der Waals surface area contributed by atoms with Crippen LogP contribution >= 0.6 is 0 Å². The van der Waals surface area contributed by atoms with Crippen molar-refractivity contribution in [3.8, 4) is 23.0 Å². The summed E-state index contributed by atoms with van der Waals surface area (Å²) >= 11 is 0. The largest absolute Gasteiger partial charge is 0.493 e. The zero-order chi connectivity index (χ0) is 16.8. The summed E-state index contributed by atoms with van der Waals surface area (Å²) < 4.78 is 16.6. The molecule has 0 aliphatic heterocycles. The molecule has 1 heterocycles. The Kier molecular flexibility index (Phi) is 5.62. The number of aromatic nitrogens is 1. The van der Waals surface area contributed by atoms with Crippen molar-refractivity contribution < 1.29 is 18.7 Å². The maximum atomic E-state index is 10.9. The quantitative estimate of drug-likeness (QED) is 0.849. The number of hydrogen-bond acceptors (Lipinski definition) is 5. The van der Waals surface area contributed by atoms with E-state index in [-0.39, 0.29) is 5.91 Å². The van der Waals surface area contributed by atoms with Crippen LogP contribution in [0, 0.1) is 5.92 Å². The maximum absolute atomic E-state index is 10.9. The van der Waals surface area contributed by atoms with Crippen LogP contribution in [0.1, 0.15) is 26.5 Å². The Balaban J connectivity index is 2.18. The van der Waals surface area contributed by atoms with Crippen molar-refractivity contribution in [2.45, 2.75) is 27.3 Å². The van der Waals surface area contributed by atoms with Crippen LogP contribution in [0.4, 0.5) is 0 Å². The third-order valence-electron chi connectivity index (χ3n) is 3.05. The van der Waals surface area contributed by atoms with Gasteiger partial charge in [0.25, 0.3) is 0 Å². The summed E-state index contributed by atoms with van der Waals surface area (Å²) in [6, 6.07) is 5.52. The number of methoxy groups -OCH3 is 1. The van der Waals surface area contributed by atoms with E-state index < -0.39 is 0 Å². The molecular weight excluding hydrogens is 296 g/mol. The Morgan fingerprint density at radius 3 is 2.78 bits per heavy atom. The van der Waals surface area contributed by atoms with E-state index in [9.17, 15) is 4.79 Å². The fraction of sp³-hybridized carbons (Fsp3) is 0.412. The van der Waals surface area contributed by atoms with Crippen LogP contribution < -0.4 is 14.8 Å². The molecule has 2 rings (SSSR count). The molecule has 0 saturated heterocycles. The van der Waals surface area contributed by atoms with Gasteiger partial charge in [0.15, 0.2) is 11.5 Å². The van der Waals surface area contributed by atoms with E-state index in [1.54, 1.807) is 7.11 Å². The fourth-order valence-electron chi connectivity index (χ4n) is 1.91. The van der Waals surface area contributed by atoms with Gasteiger partial charge < -0.3 is 19.2 Å². The Bertz CT molecular complexity index is 664. The molecule has 0 saturated carbocycles. The van der Waals surface area contributed by atoms with Gasteiger partial charge in [-0.2, -0.15) is 0 Å². The summed E-state index contributed by atoms with van der Waals surface area (Å²) in [5.74, 6) is 2.10. The van der Waals surface area contributed by atoms with E-state index in [1.165, 1.54) is 13.2 Å². The molecule has 0 aliphatic rings. The first-order valence-corrected chi connectivity index (χ1v) is 7.49. The molecule has 0 atom stereocenters. The molecule has 0 fully saturated rings. The first-order chi connectivity index (χ1) is 11.0. The van der Waals surface area contributed by atoms with E-state index in [1.807, 2.05) is 18.2 Å². The standard InChI is InChI=1S/C17H22N2O4/c1-11(2)9-22-16-7-13(5-6-15(16)21-4)17-19-14(10-23-17)8-18-12(3)20/h5-7,10-11H,8-9H2,1-4H3,(H,18,20). The van der Waals surface area contributed by atoms with Crippen molar-refractivity contribution in [3.63, 3.8) is 0 Å². The molecule has 6 heteroatoms. The minimum Gasteiger partial charge on any atom is -0.493 e. The van der Waals surface area contributed by atoms with Crippen molar-refractivity contribution in [2.75, 3.05) is 13.7 Å². The lowest BCUT2D eigenvalue weighted by molar-refractivity contribution is -0.119. The van der Waals surface area contributed by atoms with Gasteiger partial charge >= 0.3 is 0 Å². The smallest absolute Gasteiger partial charge is 0.226 e. The molecule has 23 heavy (non-hydrogen) atoms. The normalized spacial score (nSPS) is 10.7. The molecule has 0 spiro atoms. The van der Waals surface area contributed by atoms with E-state index in [0.29, 0.717) is 42.2 Å². The van der Waals surface area contributed by atoms with Crippen LogP contribution in [0.2, 0.25) is 0 Å². The SMILES string of the molecule is COc1ccc(-c2nc(CNC(C)=O)co2)cc1OCC(C)C. The van der Waals surface area contributed by atoms with Crippen molar-refractivity contribution in [1.82, 2.24) is 10.3 Å². The van der Waals surface area contributed by atoms with Crippen LogP contribution in [0.15, 0.2) is 28.9 Å². The topological polar surface area (TPSA) is 73.6 Å². The Labute approximate surface area is 135 Å². The highest BCUT2D eigenvalue weighted by molar-refractivity contribution is 5.72. The molecule has 0 radical (unpaired) electrons. The van der Waals surface area contributed by atoms with Crippen molar-refractivity contribution in [1.29, 1.82) is 0 Å². The number of oxazole rings is 1. The number of nitrogens with zero attached hydrogens (tertiary/aromatic N) is 1. The third-order valence-corrected chi connectivity index (χ3v) is 3.05. The fourth-order valence-corrected chi connectivity index (χ4v) is 1.91. The predicted octanol–water partition coefficient (Wildman–Crippen LogP) is 3.02. The minimum absolute atomic E-state index is 0.108. The zero-order valence-electron chi connectivity index (χ0n) is 13.9. The number of carbonyl (C=O) groups is 1. The molecule has 2 aromatic rings. The van der Waals surface area contributed by atoms with Crippen molar-refractivity contribution in [2.24, 2.45) is 5.92 Å². The molecule has 0 bridgehead atoms. The van der Waals surface area contributed by atoms with Gasteiger partial charge in [-0.1, -0.05) is 13.8 Å². The molecule has 1 amide bonds. The lowest BCUT2D eigenvalue weighted by Crippen LogP contribution is -2.18. The Hall–Kier alpha value is -2.50. The molecule has 1 N–H and O–H groups in total. The predicted molar refractivity (Wildman–Crippen MR) is 86.3 cm³/mol. The summed E-state index contributed by atoms with van der Waals surface area (Å²) in [7, 11) is 1.61. The highest BCUT2D eigenvalue weighted by Gasteiger charge is 2.12. The first-order valence-electron chi connectivity index (χ1n) is 7.49. The van der Waals surface area contributed by atoms with Crippen molar-refractivity contribution >= 4 is 5.91 Å². The summed E-state index contributed by atoms with van der Waals surface area (Å²) in [5, 5.41) is 2.68. The average molecular weight is 318 g/mol. The second-order valence-electron chi connectivity index (χ2n) is 5.62. The maximum Gasteiger partial charge on any atom is 0.226 e. The number of amides is 1. The van der Waals surface area contributed by atoms with E-state index in [4.69, 9.17) is 13.9 Å². The molecule has 1 aromatic heterocycles. The van der Waals surface area contributed by atoms with Crippen LogP contribution in [-0.4, -0.2) is 24.6 Å². The van der Waals surface area contributed by atoms with Crippen LogP contribution in [-0.2, 0) is 11.3 Å². The number of ether oxygens (including phenoxy) is 2. The second-order valence-corrected chi connectivity index (χ2v) is 5.62. The van der Waals surface area contributed by atoms with Gasteiger partial charge in [0.05, 0.1) is 26.0 Å². The Morgan fingerprint density at radius 1 is 1.35 bits per heavy atom. The number of benzene rings is 1. The highest BCUT2D eigenvalue weighted by Crippen LogP contribution is 2.32. The van der Waals surface area contributed by atoms with Gasteiger partial charge in [-0.25, -0.2) is 4.98 Å². The Morgan fingerprint density at radius 2 is 2.13 bits per heavy atom. The summed E-state index contributed by atoms with van der Waals surface area (Å²) in [4.78, 5) is 15.3. The minimum atomic E-state index is -0.108. The van der Waals surface area contributed by atoms with Gasteiger partial charge in [0.1, 0.15) is 6.26 Å². The number of nitrogens with one attached hydrogen (secondary N) is 1.